The van der Waals surface area contributed by atoms with Gasteiger partial charge < -0.3 is 20.3 Å². The molecule has 29 heavy (non-hydrogen) atoms. The Balaban J connectivity index is 1.56. The number of hydrogen-bond acceptors (Lipinski definition) is 5. The first kappa shape index (κ1) is 19.9. The molecule has 6 heteroatoms. The molecule has 0 radical (unpaired) electrons. The van der Waals surface area contributed by atoms with Gasteiger partial charge in [0.2, 0.25) is 0 Å². The minimum Gasteiger partial charge on any atom is -0.462 e. The molecule has 1 aromatic carbocycles. The average molecular weight is 394 g/mol. The number of aliphatic imine (C=N–C) groups is 1. The zero-order chi connectivity index (χ0) is 20.1. The number of pyridine rings is 1. The molecular formula is C23H31N5O. The summed E-state index contributed by atoms with van der Waals surface area (Å²) in [5.74, 6) is 0. The Kier molecular flexibility index (Phi) is 6.42. The largest absolute Gasteiger partial charge is 0.462 e. The molecule has 1 aromatic heterocycles. The Morgan fingerprint density at radius 3 is 2.66 bits per heavy atom. The smallest absolute Gasteiger partial charge is 0.293 e. The molecule has 2 atom stereocenters. The van der Waals surface area contributed by atoms with Crippen molar-refractivity contribution in [1.29, 1.82) is 0 Å². The van der Waals surface area contributed by atoms with Crippen LogP contribution in [-0.2, 0) is 4.74 Å². The van der Waals surface area contributed by atoms with Crippen LogP contribution in [0.2, 0.25) is 0 Å². The van der Waals surface area contributed by atoms with Gasteiger partial charge in [-0.15, -0.1) is 0 Å². The monoisotopic (exact) mass is 393 g/mol. The maximum atomic E-state index is 6.12. The van der Waals surface area contributed by atoms with E-state index < -0.39 is 0 Å². The minimum atomic E-state index is 0.199. The predicted octanol–water partition coefficient (Wildman–Crippen LogP) is 3.34. The van der Waals surface area contributed by atoms with Crippen molar-refractivity contribution in [1.82, 2.24) is 14.8 Å². The van der Waals surface area contributed by atoms with Crippen molar-refractivity contribution in [2.75, 3.05) is 26.2 Å². The lowest BCUT2D eigenvalue weighted by molar-refractivity contribution is 0.109. The first-order valence-electron chi connectivity index (χ1n) is 10.6. The summed E-state index contributed by atoms with van der Waals surface area (Å²) in [5.41, 5.74) is 7.87. The van der Waals surface area contributed by atoms with E-state index in [9.17, 15) is 0 Å². The van der Waals surface area contributed by atoms with Crippen LogP contribution in [0.3, 0.4) is 0 Å². The van der Waals surface area contributed by atoms with Gasteiger partial charge in [-0.1, -0.05) is 30.3 Å². The topological polar surface area (TPSA) is 67.0 Å². The number of aromatic nitrogens is 1. The summed E-state index contributed by atoms with van der Waals surface area (Å²) in [6.07, 6.45) is 6.81. The lowest BCUT2D eigenvalue weighted by Gasteiger charge is -2.41. The summed E-state index contributed by atoms with van der Waals surface area (Å²) in [5, 5.41) is 0. The highest BCUT2D eigenvalue weighted by molar-refractivity contribution is 5.79. The van der Waals surface area contributed by atoms with Crippen molar-refractivity contribution in [3.05, 3.63) is 60.4 Å². The van der Waals surface area contributed by atoms with Gasteiger partial charge in [-0.3, -0.25) is 4.98 Å². The Morgan fingerprint density at radius 1 is 1.17 bits per heavy atom. The molecule has 2 aliphatic heterocycles. The van der Waals surface area contributed by atoms with Crippen molar-refractivity contribution >= 4 is 11.7 Å². The molecule has 0 saturated carbocycles. The zero-order valence-electron chi connectivity index (χ0n) is 17.2. The molecule has 2 unspecified atom stereocenters. The van der Waals surface area contributed by atoms with E-state index in [1.54, 1.807) is 12.4 Å². The SMILES string of the molecule is CC(CCN)N1CCC(N2C(=Nc3cccnc3)OCC2c2ccccc2)CC1. The standard InChI is InChI=1S/C23H31N5O/c1-18(9-12-24)27-14-10-21(11-15-27)28-22(19-6-3-2-4-7-19)17-29-23(28)26-20-8-5-13-25-16-20/h2-8,13,16,18,21-22H,9-12,14-15,17,24H2,1H3. The number of amidine groups is 1. The number of ether oxygens (including phenoxy) is 1. The summed E-state index contributed by atoms with van der Waals surface area (Å²) in [7, 11) is 0. The van der Waals surface area contributed by atoms with Crippen LogP contribution in [0.15, 0.2) is 59.9 Å². The molecule has 0 bridgehead atoms. The van der Waals surface area contributed by atoms with Crippen molar-refractivity contribution in [3.63, 3.8) is 0 Å². The molecule has 0 aliphatic carbocycles. The highest BCUT2D eigenvalue weighted by atomic mass is 16.5. The third kappa shape index (κ3) is 4.60. The molecular weight excluding hydrogens is 362 g/mol. The van der Waals surface area contributed by atoms with E-state index >= 15 is 0 Å². The third-order valence-corrected chi connectivity index (χ3v) is 6.08. The van der Waals surface area contributed by atoms with Gasteiger partial charge in [-0.25, -0.2) is 0 Å². The van der Waals surface area contributed by atoms with Crippen LogP contribution < -0.4 is 5.73 Å². The van der Waals surface area contributed by atoms with Crippen molar-refractivity contribution < 1.29 is 4.74 Å². The van der Waals surface area contributed by atoms with Gasteiger partial charge in [0.15, 0.2) is 0 Å². The molecule has 2 saturated heterocycles. The lowest BCUT2D eigenvalue weighted by Crippen LogP contribution is -2.49. The molecule has 0 spiro atoms. The van der Waals surface area contributed by atoms with Crippen LogP contribution in [0.25, 0.3) is 0 Å². The van der Waals surface area contributed by atoms with E-state index in [4.69, 9.17) is 15.5 Å². The van der Waals surface area contributed by atoms with E-state index in [2.05, 4.69) is 52.0 Å². The first-order valence-corrected chi connectivity index (χ1v) is 10.6. The fourth-order valence-electron chi connectivity index (χ4n) is 4.43. The fourth-order valence-corrected chi connectivity index (χ4v) is 4.43. The van der Waals surface area contributed by atoms with Gasteiger partial charge in [0.05, 0.1) is 17.9 Å². The maximum Gasteiger partial charge on any atom is 0.293 e. The number of nitrogens with two attached hydrogens (primary N) is 1. The van der Waals surface area contributed by atoms with E-state index in [-0.39, 0.29) is 6.04 Å². The second-order valence-corrected chi connectivity index (χ2v) is 7.94. The third-order valence-electron chi connectivity index (χ3n) is 6.08. The van der Waals surface area contributed by atoms with Crippen LogP contribution in [0.5, 0.6) is 0 Å². The van der Waals surface area contributed by atoms with Gasteiger partial charge in [-0.2, -0.15) is 4.99 Å². The molecule has 4 rings (SSSR count). The minimum absolute atomic E-state index is 0.199. The van der Waals surface area contributed by atoms with Crippen LogP contribution in [0, 0.1) is 0 Å². The number of likely N-dealkylation sites (tertiary alicyclic amines) is 1. The molecule has 2 aliphatic rings. The lowest BCUT2D eigenvalue weighted by atomic mass is 9.98. The molecule has 3 heterocycles. The first-order chi connectivity index (χ1) is 14.3. The Labute approximate surface area is 173 Å². The highest BCUT2D eigenvalue weighted by Gasteiger charge is 2.39. The van der Waals surface area contributed by atoms with Gasteiger partial charge in [0.25, 0.3) is 6.02 Å². The predicted molar refractivity (Wildman–Crippen MR) is 116 cm³/mol. The molecule has 2 aromatic rings. The maximum absolute atomic E-state index is 6.12. The van der Waals surface area contributed by atoms with Gasteiger partial charge in [0, 0.05) is 31.4 Å². The summed E-state index contributed by atoms with van der Waals surface area (Å²) in [4.78, 5) is 14.0. The van der Waals surface area contributed by atoms with Crippen LogP contribution in [0.1, 0.15) is 37.8 Å². The molecule has 2 fully saturated rings. The fraction of sp³-hybridized carbons (Fsp3) is 0.478. The molecule has 0 amide bonds. The zero-order valence-corrected chi connectivity index (χ0v) is 17.2. The van der Waals surface area contributed by atoms with Crippen LogP contribution in [0.4, 0.5) is 5.69 Å². The van der Waals surface area contributed by atoms with Crippen molar-refractivity contribution in [3.8, 4) is 0 Å². The van der Waals surface area contributed by atoms with E-state index in [1.807, 2.05) is 12.1 Å². The summed E-state index contributed by atoms with van der Waals surface area (Å²) < 4.78 is 6.12. The van der Waals surface area contributed by atoms with E-state index in [0.717, 1.165) is 50.6 Å². The normalized spacial score (nSPS) is 23.3. The number of benzene rings is 1. The molecule has 154 valence electrons. The average Bonchev–Trinajstić information content (AvgIpc) is 3.19. The van der Waals surface area contributed by atoms with Crippen LogP contribution in [-0.4, -0.2) is 59.1 Å². The second kappa shape index (κ2) is 9.37. The Hall–Kier alpha value is -2.44. The quantitative estimate of drug-likeness (QED) is 0.815. The van der Waals surface area contributed by atoms with Crippen molar-refractivity contribution in [2.45, 2.75) is 44.3 Å². The van der Waals surface area contributed by atoms with E-state index in [1.165, 1.54) is 5.56 Å². The van der Waals surface area contributed by atoms with Gasteiger partial charge >= 0.3 is 0 Å². The summed E-state index contributed by atoms with van der Waals surface area (Å²) in [6, 6.07) is 16.4. The number of hydrogen-bond donors (Lipinski definition) is 1. The van der Waals surface area contributed by atoms with Crippen molar-refractivity contribution in [2.24, 2.45) is 10.7 Å². The van der Waals surface area contributed by atoms with Crippen LogP contribution >= 0.6 is 0 Å². The number of piperidine rings is 1. The number of rotatable bonds is 6. The second-order valence-electron chi connectivity index (χ2n) is 7.94. The summed E-state index contributed by atoms with van der Waals surface area (Å²) in [6.45, 7) is 5.84. The number of nitrogens with zero attached hydrogens (tertiary/aromatic N) is 4. The summed E-state index contributed by atoms with van der Waals surface area (Å²) >= 11 is 0. The van der Waals surface area contributed by atoms with E-state index in [0.29, 0.717) is 18.7 Å². The van der Waals surface area contributed by atoms with Gasteiger partial charge in [-0.05, 0) is 50.4 Å². The Morgan fingerprint density at radius 2 is 1.97 bits per heavy atom. The molecule has 6 nitrogen and oxygen atoms in total. The Bertz CT molecular complexity index is 789. The molecule has 2 N–H and O–H groups in total. The highest BCUT2D eigenvalue weighted by Crippen LogP contribution is 2.34. The van der Waals surface area contributed by atoms with Gasteiger partial charge in [0.1, 0.15) is 6.61 Å².